The predicted octanol–water partition coefficient (Wildman–Crippen LogP) is 0.775. The molecule has 0 spiro atoms. The lowest BCUT2D eigenvalue weighted by Gasteiger charge is -2.11. The summed E-state index contributed by atoms with van der Waals surface area (Å²) in [6, 6.07) is 3.14. The zero-order chi connectivity index (χ0) is 17.9. The second-order valence-electron chi connectivity index (χ2n) is 5.29. The van der Waals surface area contributed by atoms with Gasteiger partial charge in [0.05, 0.1) is 36.8 Å². The standard InChI is InChI=1S/C16H18ClNO6/c1-8-10-3-12(17)14(23-2)5-13(10)24-16(22)11(8)4-15(21)18-6-9(20)7-19/h3,5,9,19-20H,4,6-7H2,1-2H3,(H,18,21)/t9-/m1/s1. The third-order valence-electron chi connectivity index (χ3n) is 3.64. The van der Waals surface area contributed by atoms with Crippen molar-refractivity contribution in [3.05, 3.63) is 38.7 Å². The topological polar surface area (TPSA) is 109 Å². The number of carbonyl (C=O) groups excluding carboxylic acids is 1. The highest BCUT2D eigenvalue weighted by Crippen LogP contribution is 2.31. The Kier molecular flexibility index (Phi) is 5.82. The first-order chi connectivity index (χ1) is 11.4. The highest BCUT2D eigenvalue weighted by Gasteiger charge is 2.17. The Morgan fingerprint density at radius 2 is 2.17 bits per heavy atom. The first-order valence-corrected chi connectivity index (χ1v) is 7.60. The van der Waals surface area contributed by atoms with Crippen molar-refractivity contribution in [3.63, 3.8) is 0 Å². The number of hydrogen-bond donors (Lipinski definition) is 3. The van der Waals surface area contributed by atoms with Gasteiger partial charge in [-0.25, -0.2) is 4.79 Å². The third-order valence-corrected chi connectivity index (χ3v) is 3.94. The van der Waals surface area contributed by atoms with Gasteiger partial charge in [0.15, 0.2) is 0 Å². The molecule has 0 radical (unpaired) electrons. The number of halogens is 1. The maximum absolute atomic E-state index is 12.2. The lowest BCUT2D eigenvalue weighted by atomic mass is 10.0. The van der Waals surface area contributed by atoms with Gasteiger partial charge in [0, 0.05) is 18.0 Å². The van der Waals surface area contributed by atoms with E-state index in [-0.39, 0.29) is 18.5 Å². The van der Waals surface area contributed by atoms with Crippen molar-refractivity contribution in [2.45, 2.75) is 19.4 Å². The third kappa shape index (κ3) is 3.87. The molecule has 1 amide bonds. The molecule has 0 aliphatic rings. The number of methoxy groups -OCH3 is 1. The fourth-order valence-corrected chi connectivity index (χ4v) is 2.51. The normalized spacial score (nSPS) is 12.2. The molecule has 0 saturated carbocycles. The van der Waals surface area contributed by atoms with Crippen LogP contribution in [0, 0.1) is 6.92 Å². The van der Waals surface area contributed by atoms with E-state index in [0.29, 0.717) is 27.3 Å². The summed E-state index contributed by atoms with van der Waals surface area (Å²) in [5.74, 6) is -0.0768. The van der Waals surface area contributed by atoms with Crippen LogP contribution in [0.5, 0.6) is 5.75 Å². The summed E-state index contributed by atoms with van der Waals surface area (Å²) >= 11 is 6.10. The Hall–Kier alpha value is -2.09. The van der Waals surface area contributed by atoms with Crippen LogP contribution in [0.15, 0.2) is 21.3 Å². The van der Waals surface area contributed by atoms with Crippen molar-refractivity contribution in [1.29, 1.82) is 0 Å². The van der Waals surface area contributed by atoms with Crippen molar-refractivity contribution in [2.75, 3.05) is 20.3 Å². The average molecular weight is 356 g/mol. The number of amides is 1. The van der Waals surface area contributed by atoms with Gasteiger partial charge in [0.25, 0.3) is 0 Å². The molecule has 0 bridgehead atoms. The number of carbonyl (C=O) groups is 1. The summed E-state index contributed by atoms with van der Waals surface area (Å²) in [4.78, 5) is 24.1. The molecular formula is C16H18ClNO6. The molecule has 0 unspecified atom stereocenters. The van der Waals surface area contributed by atoms with Crippen LogP contribution in [0.25, 0.3) is 11.0 Å². The Labute approximate surface area is 142 Å². The minimum Gasteiger partial charge on any atom is -0.495 e. The molecule has 7 nitrogen and oxygen atoms in total. The molecule has 1 aromatic heterocycles. The molecule has 0 aliphatic heterocycles. The summed E-state index contributed by atoms with van der Waals surface area (Å²) in [5.41, 5.74) is 0.490. The number of hydrogen-bond acceptors (Lipinski definition) is 6. The first-order valence-electron chi connectivity index (χ1n) is 7.22. The van der Waals surface area contributed by atoms with Gasteiger partial charge in [-0.15, -0.1) is 0 Å². The van der Waals surface area contributed by atoms with Crippen LogP contribution >= 0.6 is 11.6 Å². The fourth-order valence-electron chi connectivity index (χ4n) is 2.27. The molecule has 0 aliphatic carbocycles. The molecule has 1 aromatic carbocycles. The van der Waals surface area contributed by atoms with Crippen LogP contribution in [0.1, 0.15) is 11.1 Å². The van der Waals surface area contributed by atoms with E-state index in [9.17, 15) is 14.7 Å². The van der Waals surface area contributed by atoms with Gasteiger partial charge in [-0.2, -0.15) is 0 Å². The van der Waals surface area contributed by atoms with Crippen LogP contribution in [-0.4, -0.2) is 42.5 Å². The number of fused-ring (bicyclic) bond motifs is 1. The van der Waals surface area contributed by atoms with Crippen LogP contribution in [-0.2, 0) is 11.2 Å². The molecule has 2 rings (SSSR count). The van der Waals surface area contributed by atoms with Crippen LogP contribution in [0.4, 0.5) is 0 Å². The van der Waals surface area contributed by atoms with E-state index in [4.69, 9.17) is 25.9 Å². The summed E-state index contributed by atoms with van der Waals surface area (Å²) in [6.07, 6.45) is -1.25. The number of ether oxygens (including phenoxy) is 1. The zero-order valence-electron chi connectivity index (χ0n) is 13.3. The molecule has 1 atom stereocenters. The summed E-state index contributed by atoms with van der Waals surface area (Å²) in [6.45, 7) is 1.14. The van der Waals surface area contributed by atoms with E-state index in [2.05, 4.69) is 5.32 Å². The Morgan fingerprint density at radius 1 is 1.46 bits per heavy atom. The largest absolute Gasteiger partial charge is 0.495 e. The number of aliphatic hydroxyl groups excluding tert-OH is 2. The van der Waals surface area contributed by atoms with Gasteiger partial charge in [0.2, 0.25) is 5.91 Å². The number of nitrogens with one attached hydrogen (secondary N) is 1. The molecule has 3 N–H and O–H groups in total. The Balaban J connectivity index is 2.34. The number of rotatable bonds is 6. The van der Waals surface area contributed by atoms with Crippen molar-refractivity contribution in [3.8, 4) is 5.75 Å². The minimum atomic E-state index is -1.05. The summed E-state index contributed by atoms with van der Waals surface area (Å²) in [5, 5.41) is 21.4. The molecule has 130 valence electrons. The van der Waals surface area contributed by atoms with Gasteiger partial charge >= 0.3 is 5.63 Å². The van der Waals surface area contributed by atoms with Gasteiger partial charge in [-0.05, 0) is 18.6 Å². The molecule has 0 fully saturated rings. The number of aryl methyl sites for hydroxylation is 1. The second-order valence-corrected chi connectivity index (χ2v) is 5.70. The monoisotopic (exact) mass is 355 g/mol. The maximum Gasteiger partial charge on any atom is 0.340 e. The summed E-state index contributed by atoms with van der Waals surface area (Å²) in [7, 11) is 1.46. The van der Waals surface area contributed by atoms with E-state index < -0.39 is 24.2 Å². The molecule has 1 heterocycles. The van der Waals surface area contributed by atoms with Crippen molar-refractivity contribution in [1.82, 2.24) is 5.32 Å². The minimum absolute atomic E-state index is 0.101. The van der Waals surface area contributed by atoms with Gasteiger partial charge in [0.1, 0.15) is 11.3 Å². The lowest BCUT2D eigenvalue weighted by molar-refractivity contribution is -0.121. The van der Waals surface area contributed by atoms with E-state index >= 15 is 0 Å². The lowest BCUT2D eigenvalue weighted by Crippen LogP contribution is -2.35. The number of benzene rings is 1. The zero-order valence-corrected chi connectivity index (χ0v) is 14.0. The van der Waals surface area contributed by atoms with E-state index in [1.54, 1.807) is 13.0 Å². The smallest absolute Gasteiger partial charge is 0.340 e. The highest BCUT2D eigenvalue weighted by atomic mass is 35.5. The van der Waals surface area contributed by atoms with Crippen molar-refractivity contribution in [2.24, 2.45) is 0 Å². The van der Waals surface area contributed by atoms with Crippen LogP contribution in [0.3, 0.4) is 0 Å². The Bertz CT molecular complexity index is 816. The number of aliphatic hydroxyl groups is 2. The van der Waals surface area contributed by atoms with Gasteiger partial charge in [-0.3, -0.25) is 4.79 Å². The molecular weight excluding hydrogens is 338 g/mol. The quantitative estimate of drug-likeness (QED) is 0.660. The second kappa shape index (κ2) is 7.65. The Morgan fingerprint density at radius 3 is 2.79 bits per heavy atom. The predicted molar refractivity (Wildman–Crippen MR) is 88.6 cm³/mol. The van der Waals surface area contributed by atoms with Gasteiger partial charge < -0.3 is 24.7 Å². The van der Waals surface area contributed by atoms with E-state index in [0.717, 1.165) is 0 Å². The van der Waals surface area contributed by atoms with Gasteiger partial charge in [-0.1, -0.05) is 11.6 Å². The first kappa shape index (κ1) is 18.3. The van der Waals surface area contributed by atoms with Crippen LogP contribution in [0.2, 0.25) is 5.02 Å². The SMILES string of the molecule is COc1cc2oc(=O)c(CC(=O)NC[C@@H](O)CO)c(C)c2cc1Cl. The van der Waals surface area contributed by atoms with Crippen molar-refractivity contribution < 1.29 is 24.2 Å². The van der Waals surface area contributed by atoms with Crippen molar-refractivity contribution >= 4 is 28.5 Å². The van der Waals surface area contributed by atoms with E-state index in [1.807, 2.05) is 0 Å². The highest BCUT2D eigenvalue weighted by molar-refractivity contribution is 6.32. The fraction of sp³-hybridized carbons (Fsp3) is 0.375. The van der Waals surface area contributed by atoms with Crippen LogP contribution < -0.4 is 15.7 Å². The molecule has 2 aromatic rings. The molecule has 8 heteroatoms. The average Bonchev–Trinajstić information content (AvgIpc) is 2.56. The molecule has 24 heavy (non-hydrogen) atoms. The maximum atomic E-state index is 12.2. The van der Waals surface area contributed by atoms with E-state index in [1.165, 1.54) is 13.2 Å². The molecule has 0 saturated heterocycles. The summed E-state index contributed by atoms with van der Waals surface area (Å²) < 4.78 is 10.3.